The number of rotatable bonds is 6. The summed E-state index contributed by atoms with van der Waals surface area (Å²) in [6.45, 7) is 0. The maximum atomic E-state index is 12.0. The van der Waals surface area contributed by atoms with Crippen LogP contribution in [0.15, 0.2) is 48.5 Å². The summed E-state index contributed by atoms with van der Waals surface area (Å²) in [5.41, 5.74) is 1.07. The summed E-state index contributed by atoms with van der Waals surface area (Å²) < 4.78 is 15.8. The fourth-order valence-electron chi connectivity index (χ4n) is 1.97. The fraction of sp³-hybridized carbons (Fsp3) is 0.176. The van der Waals surface area contributed by atoms with E-state index in [4.69, 9.17) is 14.2 Å². The van der Waals surface area contributed by atoms with Gasteiger partial charge in [0.05, 0.1) is 14.2 Å². The highest BCUT2D eigenvalue weighted by molar-refractivity contribution is 5.78. The van der Waals surface area contributed by atoms with Gasteiger partial charge in [0, 0.05) is 11.1 Å². The summed E-state index contributed by atoms with van der Waals surface area (Å²) >= 11 is 0. The zero-order valence-corrected chi connectivity index (χ0v) is 12.3. The van der Waals surface area contributed by atoms with E-state index in [1.807, 2.05) is 6.07 Å². The molecule has 0 bridgehead atoms. The minimum absolute atomic E-state index is 0.298. The lowest BCUT2D eigenvalue weighted by atomic mass is 10.1. The van der Waals surface area contributed by atoms with Crippen molar-refractivity contribution in [2.24, 2.45) is 0 Å². The Morgan fingerprint density at radius 1 is 1.05 bits per heavy atom. The van der Waals surface area contributed by atoms with Gasteiger partial charge in [-0.3, -0.25) is 4.79 Å². The maximum absolute atomic E-state index is 12.0. The number of aldehydes is 1. The van der Waals surface area contributed by atoms with Crippen LogP contribution in [0.1, 0.15) is 22.0 Å². The number of benzene rings is 2. The molecular formula is C17H16O5. The molecule has 0 aliphatic carbocycles. The first-order valence-corrected chi connectivity index (χ1v) is 6.62. The van der Waals surface area contributed by atoms with Gasteiger partial charge in [-0.05, 0) is 18.2 Å². The van der Waals surface area contributed by atoms with Crippen molar-refractivity contribution in [3.63, 3.8) is 0 Å². The van der Waals surface area contributed by atoms with E-state index < -0.39 is 12.1 Å². The number of esters is 1. The highest BCUT2D eigenvalue weighted by Gasteiger charge is 2.24. The Morgan fingerprint density at radius 2 is 1.77 bits per heavy atom. The third kappa shape index (κ3) is 3.44. The standard InChI is InChI=1S/C17H16O5/c1-20-14-9-8-12(11-18)10-15(14)22-16(17(19)21-2)13-6-4-3-5-7-13/h3-11,16H,1-2H3. The molecule has 0 heterocycles. The van der Waals surface area contributed by atoms with Crippen molar-refractivity contribution in [2.45, 2.75) is 6.10 Å². The van der Waals surface area contributed by atoms with Crippen LogP contribution in [-0.4, -0.2) is 26.5 Å². The van der Waals surface area contributed by atoms with Crippen molar-refractivity contribution in [3.05, 3.63) is 59.7 Å². The highest BCUT2D eigenvalue weighted by atomic mass is 16.6. The average Bonchev–Trinajstić information content (AvgIpc) is 2.59. The molecule has 0 amide bonds. The molecule has 0 aromatic heterocycles. The average molecular weight is 300 g/mol. The number of carbonyl (C=O) groups is 2. The molecule has 114 valence electrons. The molecule has 22 heavy (non-hydrogen) atoms. The molecule has 1 atom stereocenters. The molecule has 1 unspecified atom stereocenters. The topological polar surface area (TPSA) is 61.8 Å². The normalized spacial score (nSPS) is 11.4. The molecule has 0 aliphatic rings. The number of hydrogen-bond donors (Lipinski definition) is 0. The van der Waals surface area contributed by atoms with Crippen LogP contribution >= 0.6 is 0 Å². The first-order chi connectivity index (χ1) is 10.7. The van der Waals surface area contributed by atoms with Crippen LogP contribution < -0.4 is 9.47 Å². The second kappa shape index (κ2) is 7.26. The molecule has 5 heteroatoms. The molecule has 2 aromatic rings. The Labute approximate surface area is 128 Å². The lowest BCUT2D eigenvalue weighted by Crippen LogP contribution is -2.20. The van der Waals surface area contributed by atoms with Gasteiger partial charge < -0.3 is 14.2 Å². The van der Waals surface area contributed by atoms with Gasteiger partial charge in [-0.25, -0.2) is 4.79 Å². The van der Waals surface area contributed by atoms with E-state index in [-0.39, 0.29) is 0 Å². The van der Waals surface area contributed by atoms with Crippen LogP contribution in [0.2, 0.25) is 0 Å². The molecule has 0 radical (unpaired) electrons. The molecule has 5 nitrogen and oxygen atoms in total. The maximum Gasteiger partial charge on any atom is 0.351 e. The Bertz CT molecular complexity index is 651. The SMILES string of the molecule is COC(=O)C(Oc1cc(C=O)ccc1OC)c1ccccc1. The monoisotopic (exact) mass is 300 g/mol. The van der Waals surface area contributed by atoms with E-state index in [2.05, 4.69) is 0 Å². The van der Waals surface area contributed by atoms with Crippen LogP contribution in [0.5, 0.6) is 11.5 Å². The minimum Gasteiger partial charge on any atom is -0.493 e. The van der Waals surface area contributed by atoms with Crippen LogP contribution in [0.4, 0.5) is 0 Å². The first kappa shape index (κ1) is 15.6. The molecule has 0 saturated carbocycles. The van der Waals surface area contributed by atoms with E-state index >= 15 is 0 Å². The first-order valence-electron chi connectivity index (χ1n) is 6.62. The molecule has 0 spiro atoms. The summed E-state index contributed by atoms with van der Waals surface area (Å²) in [4.78, 5) is 22.9. The Kier molecular flexibility index (Phi) is 5.14. The number of methoxy groups -OCH3 is 2. The molecule has 0 N–H and O–H groups in total. The summed E-state index contributed by atoms with van der Waals surface area (Å²) in [5, 5.41) is 0. The molecular weight excluding hydrogens is 284 g/mol. The van der Waals surface area contributed by atoms with Gasteiger partial charge in [-0.2, -0.15) is 0 Å². The van der Waals surface area contributed by atoms with E-state index in [1.54, 1.807) is 36.4 Å². The third-order valence-corrected chi connectivity index (χ3v) is 3.09. The van der Waals surface area contributed by atoms with Crippen LogP contribution in [0.3, 0.4) is 0 Å². The van der Waals surface area contributed by atoms with Crippen molar-refractivity contribution in [3.8, 4) is 11.5 Å². The van der Waals surface area contributed by atoms with E-state index in [9.17, 15) is 9.59 Å². The Hall–Kier alpha value is -2.82. The summed E-state index contributed by atoms with van der Waals surface area (Å²) in [7, 11) is 2.78. The van der Waals surface area contributed by atoms with Crippen LogP contribution in [0, 0.1) is 0 Å². The van der Waals surface area contributed by atoms with Gasteiger partial charge >= 0.3 is 5.97 Å². The smallest absolute Gasteiger partial charge is 0.351 e. The Morgan fingerprint density at radius 3 is 2.36 bits per heavy atom. The van der Waals surface area contributed by atoms with Crippen molar-refractivity contribution >= 4 is 12.3 Å². The predicted molar refractivity (Wildman–Crippen MR) is 80.2 cm³/mol. The number of ether oxygens (including phenoxy) is 3. The van der Waals surface area contributed by atoms with Gasteiger partial charge in [0.15, 0.2) is 11.5 Å². The largest absolute Gasteiger partial charge is 0.493 e. The van der Waals surface area contributed by atoms with Crippen molar-refractivity contribution < 1.29 is 23.8 Å². The Balaban J connectivity index is 2.39. The second-order valence-electron chi connectivity index (χ2n) is 4.46. The van der Waals surface area contributed by atoms with Gasteiger partial charge in [-0.15, -0.1) is 0 Å². The molecule has 2 rings (SSSR count). The lowest BCUT2D eigenvalue weighted by Gasteiger charge is -2.19. The van der Waals surface area contributed by atoms with Gasteiger partial charge in [0.1, 0.15) is 6.29 Å². The number of carbonyl (C=O) groups excluding carboxylic acids is 2. The summed E-state index contributed by atoms with van der Waals surface area (Å²) in [6.07, 6.45) is -0.246. The number of hydrogen-bond acceptors (Lipinski definition) is 5. The second-order valence-corrected chi connectivity index (χ2v) is 4.46. The van der Waals surface area contributed by atoms with E-state index in [1.165, 1.54) is 20.3 Å². The molecule has 2 aromatic carbocycles. The lowest BCUT2D eigenvalue weighted by molar-refractivity contribution is -0.149. The predicted octanol–water partition coefficient (Wildman–Crippen LogP) is 2.80. The molecule has 0 fully saturated rings. The van der Waals surface area contributed by atoms with Crippen molar-refractivity contribution in [1.29, 1.82) is 0 Å². The van der Waals surface area contributed by atoms with Crippen LogP contribution in [-0.2, 0) is 9.53 Å². The fourth-order valence-corrected chi connectivity index (χ4v) is 1.97. The third-order valence-electron chi connectivity index (χ3n) is 3.09. The van der Waals surface area contributed by atoms with E-state index in [0.29, 0.717) is 28.9 Å². The van der Waals surface area contributed by atoms with E-state index in [0.717, 1.165) is 0 Å². The molecule has 0 saturated heterocycles. The zero-order chi connectivity index (χ0) is 15.9. The highest BCUT2D eigenvalue weighted by Crippen LogP contribution is 2.32. The molecule has 0 aliphatic heterocycles. The summed E-state index contributed by atoms with van der Waals surface area (Å²) in [5.74, 6) is 0.187. The van der Waals surface area contributed by atoms with Crippen molar-refractivity contribution in [2.75, 3.05) is 14.2 Å². The van der Waals surface area contributed by atoms with Gasteiger partial charge in [0.2, 0.25) is 6.10 Å². The minimum atomic E-state index is -0.943. The van der Waals surface area contributed by atoms with Gasteiger partial charge in [-0.1, -0.05) is 30.3 Å². The summed E-state index contributed by atoms with van der Waals surface area (Å²) in [6, 6.07) is 13.7. The van der Waals surface area contributed by atoms with Crippen LogP contribution in [0.25, 0.3) is 0 Å². The van der Waals surface area contributed by atoms with Crippen molar-refractivity contribution in [1.82, 2.24) is 0 Å². The van der Waals surface area contributed by atoms with Gasteiger partial charge in [0.25, 0.3) is 0 Å². The quantitative estimate of drug-likeness (QED) is 0.606. The zero-order valence-electron chi connectivity index (χ0n) is 12.3.